The number of fused-ring (bicyclic) bond motifs is 1. The highest BCUT2D eigenvalue weighted by Crippen LogP contribution is 2.29. The Morgan fingerprint density at radius 3 is 2.57 bits per heavy atom. The molecule has 1 saturated heterocycles. The van der Waals surface area contributed by atoms with Gasteiger partial charge in [-0.1, -0.05) is 6.07 Å². The molecule has 1 unspecified atom stereocenters. The Balaban J connectivity index is 1.55. The van der Waals surface area contributed by atoms with Gasteiger partial charge in [0.2, 0.25) is 5.91 Å². The summed E-state index contributed by atoms with van der Waals surface area (Å²) in [6.45, 7) is 13.7. The van der Waals surface area contributed by atoms with E-state index >= 15 is 0 Å². The number of esters is 1. The number of benzene rings is 1. The van der Waals surface area contributed by atoms with E-state index < -0.39 is 0 Å². The van der Waals surface area contributed by atoms with Gasteiger partial charge in [0.05, 0.1) is 23.9 Å². The molecule has 186 valence electrons. The molecule has 0 aliphatic carbocycles. The highest BCUT2D eigenvalue weighted by molar-refractivity contribution is 5.85. The lowest BCUT2D eigenvalue weighted by atomic mass is 9.96. The molecule has 0 radical (unpaired) electrons. The Hall–Kier alpha value is -3.22. The van der Waals surface area contributed by atoms with Crippen molar-refractivity contribution in [3.8, 4) is 5.69 Å². The average Bonchev–Trinajstić information content (AvgIpc) is 3.16. The third-order valence-corrected chi connectivity index (χ3v) is 7.29. The fourth-order valence-electron chi connectivity index (χ4n) is 5.16. The molecule has 7 heteroatoms. The van der Waals surface area contributed by atoms with E-state index in [9.17, 15) is 9.59 Å². The van der Waals surface area contributed by atoms with Crippen LogP contribution in [0.1, 0.15) is 59.8 Å². The zero-order valence-corrected chi connectivity index (χ0v) is 21.8. The van der Waals surface area contributed by atoms with Crippen LogP contribution in [0, 0.1) is 40.5 Å². The third-order valence-electron chi connectivity index (χ3n) is 7.29. The average molecular weight is 477 g/mol. The third kappa shape index (κ3) is 4.95. The fourth-order valence-corrected chi connectivity index (χ4v) is 5.16. The number of pyridine rings is 1. The van der Waals surface area contributed by atoms with Crippen LogP contribution in [0.3, 0.4) is 0 Å². The summed E-state index contributed by atoms with van der Waals surface area (Å²) in [7, 11) is 0. The minimum atomic E-state index is -0.215. The van der Waals surface area contributed by atoms with Gasteiger partial charge < -0.3 is 9.64 Å². The van der Waals surface area contributed by atoms with E-state index in [0.29, 0.717) is 32.5 Å². The summed E-state index contributed by atoms with van der Waals surface area (Å²) in [5.74, 6) is -0.323. The zero-order valence-electron chi connectivity index (χ0n) is 21.8. The van der Waals surface area contributed by atoms with Gasteiger partial charge in [0.25, 0.3) is 0 Å². The summed E-state index contributed by atoms with van der Waals surface area (Å²) in [6.07, 6.45) is 2.63. The van der Waals surface area contributed by atoms with Crippen molar-refractivity contribution < 1.29 is 14.3 Å². The predicted molar refractivity (Wildman–Crippen MR) is 137 cm³/mol. The molecule has 0 N–H and O–H groups in total. The summed E-state index contributed by atoms with van der Waals surface area (Å²) >= 11 is 0. The number of aryl methyl sites for hydroxylation is 5. The number of hydrogen-bond acceptors (Lipinski definition) is 5. The van der Waals surface area contributed by atoms with E-state index in [1.54, 1.807) is 0 Å². The molecule has 0 spiro atoms. The lowest BCUT2D eigenvalue weighted by Gasteiger charge is -2.31. The van der Waals surface area contributed by atoms with Gasteiger partial charge in [-0.05, 0) is 95.2 Å². The number of ether oxygens (including phenoxy) is 1. The van der Waals surface area contributed by atoms with E-state index in [0.717, 1.165) is 52.1 Å². The number of hydrogen-bond donors (Lipinski definition) is 0. The zero-order chi connectivity index (χ0) is 25.3. The molecule has 7 nitrogen and oxygen atoms in total. The second-order valence-electron chi connectivity index (χ2n) is 9.70. The molecule has 1 aromatic carbocycles. The van der Waals surface area contributed by atoms with Crippen molar-refractivity contribution in [2.75, 3.05) is 19.7 Å². The summed E-state index contributed by atoms with van der Waals surface area (Å²) in [6, 6.07) is 6.33. The second kappa shape index (κ2) is 10.2. The maximum atomic E-state index is 13.0. The Bertz CT molecular complexity index is 1280. The first kappa shape index (κ1) is 24.9. The van der Waals surface area contributed by atoms with E-state index in [1.807, 2.05) is 30.4 Å². The van der Waals surface area contributed by atoms with Crippen LogP contribution in [0.5, 0.6) is 0 Å². The summed E-state index contributed by atoms with van der Waals surface area (Å²) in [4.78, 5) is 32.0. The lowest BCUT2D eigenvalue weighted by Crippen LogP contribution is -2.42. The first-order valence-electron chi connectivity index (χ1n) is 12.6. The molecule has 2 aromatic heterocycles. The minimum Gasteiger partial charge on any atom is -0.466 e. The Morgan fingerprint density at radius 1 is 1.09 bits per heavy atom. The molecule has 1 aliphatic rings. The van der Waals surface area contributed by atoms with E-state index in [-0.39, 0.29) is 17.8 Å². The molecular formula is C28H36N4O3. The maximum Gasteiger partial charge on any atom is 0.310 e. The molecular weight excluding hydrogens is 440 g/mol. The van der Waals surface area contributed by atoms with Crippen LogP contribution in [-0.4, -0.2) is 51.2 Å². The monoisotopic (exact) mass is 476 g/mol. The number of amides is 1. The van der Waals surface area contributed by atoms with Gasteiger partial charge in [0.1, 0.15) is 0 Å². The first-order chi connectivity index (χ1) is 16.7. The van der Waals surface area contributed by atoms with Crippen LogP contribution in [0.4, 0.5) is 0 Å². The van der Waals surface area contributed by atoms with Crippen LogP contribution in [0.2, 0.25) is 0 Å². The van der Waals surface area contributed by atoms with Gasteiger partial charge in [-0.3, -0.25) is 9.59 Å². The molecule has 1 atom stereocenters. The van der Waals surface area contributed by atoms with Crippen molar-refractivity contribution in [3.63, 3.8) is 0 Å². The van der Waals surface area contributed by atoms with E-state index in [1.165, 1.54) is 11.1 Å². The molecule has 1 amide bonds. The van der Waals surface area contributed by atoms with Crippen molar-refractivity contribution in [3.05, 3.63) is 51.8 Å². The Kier molecular flexibility index (Phi) is 7.24. The fraction of sp³-hybridized carbons (Fsp3) is 0.500. The van der Waals surface area contributed by atoms with Crippen LogP contribution >= 0.6 is 0 Å². The first-order valence-corrected chi connectivity index (χ1v) is 12.6. The Morgan fingerprint density at radius 2 is 1.86 bits per heavy atom. The van der Waals surface area contributed by atoms with Crippen molar-refractivity contribution in [2.45, 2.75) is 67.2 Å². The summed E-state index contributed by atoms with van der Waals surface area (Å²) < 4.78 is 7.10. The van der Waals surface area contributed by atoms with Gasteiger partial charge >= 0.3 is 5.97 Å². The van der Waals surface area contributed by atoms with Gasteiger partial charge in [-0.25, -0.2) is 9.67 Å². The molecule has 4 rings (SSSR count). The SMILES string of the molecule is CCOC(=O)C1CCCN(C(=O)CCc2c(C)nc3c(c(C)nn3-c3ccc(C)c(C)c3)c2C)C1. The number of rotatable bonds is 6. The summed E-state index contributed by atoms with van der Waals surface area (Å²) in [5, 5.41) is 5.87. The number of likely N-dealkylation sites (tertiary alicyclic amines) is 1. The summed E-state index contributed by atoms with van der Waals surface area (Å²) in [5.41, 5.74) is 8.42. The number of carbonyl (C=O) groups is 2. The molecule has 3 heterocycles. The molecule has 0 saturated carbocycles. The quantitative estimate of drug-likeness (QED) is 0.482. The van der Waals surface area contributed by atoms with Gasteiger partial charge in [0.15, 0.2) is 5.65 Å². The largest absolute Gasteiger partial charge is 0.466 e. The molecule has 0 bridgehead atoms. The Labute approximate surface area is 207 Å². The molecule has 35 heavy (non-hydrogen) atoms. The number of aromatic nitrogens is 3. The van der Waals surface area contributed by atoms with Crippen LogP contribution in [0.15, 0.2) is 18.2 Å². The standard InChI is InChI=1S/C28H36N4O3/c1-7-35-28(34)22-9-8-14-31(16-22)25(33)13-12-24-19(4)26-21(6)30-32(27(26)29-20(24)5)23-11-10-17(2)18(3)15-23/h10-11,15,22H,7-9,12-14,16H2,1-6H3. The van der Waals surface area contributed by atoms with Crippen molar-refractivity contribution >= 4 is 22.9 Å². The van der Waals surface area contributed by atoms with Crippen molar-refractivity contribution in [2.24, 2.45) is 5.92 Å². The number of nitrogens with zero attached hydrogens (tertiary/aromatic N) is 4. The molecule has 3 aromatic rings. The van der Waals surface area contributed by atoms with Gasteiger partial charge in [0, 0.05) is 30.6 Å². The van der Waals surface area contributed by atoms with E-state index in [2.05, 4.69) is 39.0 Å². The predicted octanol–water partition coefficient (Wildman–Crippen LogP) is 4.70. The lowest BCUT2D eigenvalue weighted by molar-refractivity contribution is -0.151. The van der Waals surface area contributed by atoms with Crippen LogP contribution in [-0.2, 0) is 20.7 Å². The topological polar surface area (TPSA) is 77.3 Å². The molecule has 1 fully saturated rings. The maximum absolute atomic E-state index is 13.0. The number of carbonyl (C=O) groups excluding carboxylic acids is 2. The molecule has 1 aliphatic heterocycles. The minimum absolute atomic E-state index is 0.0837. The van der Waals surface area contributed by atoms with E-state index in [4.69, 9.17) is 14.8 Å². The smallest absolute Gasteiger partial charge is 0.310 e. The van der Waals surface area contributed by atoms with Crippen molar-refractivity contribution in [1.29, 1.82) is 0 Å². The highest BCUT2D eigenvalue weighted by atomic mass is 16.5. The van der Waals surface area contributed by atoms with Crippen LogP contribution in [0.25, 0.3) is 16.7 Å². The van der Waals surface area contributed by atoms with Gasteiger partial charge in [-0.2, -0.15) is 5.10 Å². The van der Waals surface area contributed by atoms with Gasteiger partial charge in [-0.15, -0.1) is 0 Å². The second-order valence-corrected chi connectivity index (χ2v) is 9.70. The normalized spacial score (nSPS) is 16.1. The van der Waals surface area contributed by atoms with Crippen molar-refractivity contribution in [1.82, 2.24) is 19.7 Å². The number of piperidine rings is 1. The van der Waals surface area contributed by atoms with Crippen LogP contribution < -0.4 is 0 Å². The highest BCUT2D eigenvalue weighted by Gasteiger charge is 2.29.